The average molecular weight is 304 g/mol. The third-order valence-corrected chi connectivity index (χ3v) is 2.85. The second-order valence-corrected chi connectivity index (χ2v) is 3.79. The van der Waals surface area contributed by atoms with Gasteiger partial charge in [-0.15, -0.1) is 5.10 Å². The van der Waals surface area contributed by atoms with E-state index in [2.05, 4.69) is 15.5 Å². The van der Waals surface area contributed by atoms with Crippen LogP contribution in [0, 0.1) is 16.3 Å². The topological polar surface area (TPSA) is 43.6 Å². The molecule has 0 amide bonds. The first-order valence-electron chi connectivity index (χ1n) is 3.89. The highest BCUT2D eigenvalue weighted by molar-refractivity contribution is 14.1. The number of tetrazole rings is 1. The third kappa shape index (κ3) is 1.49. The predicted octanol–water partition coefficient (Wildman–Crippen LogP) is 1.71. The molecule has 72 valence electrons. The Morgan fingerprint density at radius 2 is 2.21 bits per heavy atom. The van der Waals surface area contributed by atoms with Gasteiger partial charge in [-0.05, 0) is 52.1 Å². The van der Waals surface area contributed by atoms with Crippen LogP contribution in [0.15, 0.2) is 18.2 Å². The fourth-order valence-electron chi connectivity index (χ4n) is 1.11. The monoisotopic (exact) mass is 304 g/mol. The minimum absolute atomic E-state index is 0.266. The van der Waals surface area contributed by atoms with Gasteiger partial charge in [-0.3, -0.25) is 0 Å². The van der Waals surface area contributed by atoms with E-state index in [1.807, 2.05) is 22.6 Å². The Kier molecular flexibility index (Phi) is 2.44. The van der Waals surface area contributed by atoms with Gasteiger partial charge in [0, 0.05) is 0 Å². The summed E-state index contributed by atoms with van der Waals surface area (Å²) in [7, 11) is 0. The summed E-state index contributed by atoms with van der Waals surface area (Å²) in [6, 6.07) is 4.81. The number of rotatable bonds is 1. The summed E-state index contributed by atoms with van der Waals surface area (Å²) in [5.41, 5.74) is 0.660. The van der Waals surface area contributed by atoms with Gasteiger partial charge in [-0.1, -0.05) is 6.07 Å². The summed E-state index contributed by atoms with van der Waals surface area (Å²) in [6.45, 7) is 1.76. The Morgan fingerprint density at radius 3 is 2.86 bits per heavy atom. The Bertz CT molecular complexity index is 468. The number of aryl methyl sites for hydroxylation is 1. The molecule has 0 aliphatic rings. The van der Waals surface area contributed by atoms with Crippen LogP contribution in [-0.4, -0.2) is 20.2 Å². The minimum Gasteiger partial charge on any atom is -0.206 e. The molecular formula is C8H6FIN4. The minimum atomic E-state index is -0.266. The fraction of sp³-hybridized carbons (Fsp3) is 0.125. The van der Waals surface area contributed by atoms with Crippen LogP contribution in [0.4, 0.5) is 4.39 Å². The van der Waals surface area contributed by atoms with Crippen molar-refractivity contribution in [2.24, 2.45) is 0 Å². The number of hydrogen-bond acceptors (Lipinski definition) is 3. The number of benzene rings is 1. The lowest BCUT2D eigenvalue weighted by Crippen LogP contribution is -2.03. The lowest BCUT2D eigenvalue weighted by molar-refractivity contribution is 0.616. The first-order chi connectivity index (χ1) is 6.70. The summed E-state index contributed by atoms with van der Waals surface area (Å²) in [5, 5.41) is 11.0. The molecule has 6 heteroatoms. The normalized spacial score (nSPS) is 10.5. The summed E-state index contributed by atoms with van der Waals surface area (Å²) in [4.78, 5) is 0. The molecule has 0 radical (unpaired) electrons. The molecule has 1 heterocycles. The number of aromatic nitrogens is 4. The van der Waals surface area contributed by atoms with E-state index in [0.29, 0.717) is 15.1 Å². The molecule has 14 heavy (non-hydrogen) atoms. The van der Waals surface area contributed by atoms with Crippen LogP contribution in [0.25, 0.3) is 5.69 Å². The zero-order chi connectivity index (χ0) is 10.1. The van der Waals surface area contributed by atoms with Crippen molar-refractivity contribution in [1.29, 1.82) is 0 Å². The van der Waals surface area contributed by atoms with Crippen LogP contribution >= 0.6 is 22.6 Å². The fourth-order valence-corrected chi connectivity index (χ4v) is 1.70. The van der Waals surface area contributed by atoms with Gasteiger partial charge in [0.1, 0.15) is 5.82 Å². The van der Waals surface area contributed by atoms with Crippen LogP contribution < -0.4 is 0 Å². The SMILES string of the molecule is Cc1nnnn1-c1cccc(F)c1I. The Morgan fingerprint density at radius 1 is 1.43 bits per heavy atom. The van der Waals surface area contributed by atoms with Crippen molar-refractivity contribution in [2.45, 2.75) is 6.92 Å². The van der Waals surface area contributed by atoms with Crippen LogP contribution in [0.2, 0.25) is 0 Å². The maximum Gasteiger partial charge on any atom is 0.153 e. The summed E-state index contributed by atoms with van der Waals surface area (Å²) >= 11 is 1.93. The molecule has 1 aromatic heterocycles. The van der Waals surface area contributed by atoms with E-state index < -0.39 is 0 Å². The van der Waals surface area contributed by atoms with Crippen molar-refractivity contribution in [3.05, 3.63) is 33.4 Å². The zero-order valence-electron chi connectivity index (χ0n) is 7.28. The lowest BCUT2D eigenvalue weighted by Gasteiger charge is -2.04. The Balaban J connectivity index is 2.63. The standard InChI is InChI=1S/C8H6FIN4/c1-5-11-12-13-14(5)7-4-2-3-6(9)8(7)10/h2-4H,1H3. The largest absolute Gasteiger partial charge is 0.206 e. The van der Waals surface area contributed by atoms with Crippen molar-refractivity contribution in [1.82, 2.24) is 20.2 Å². The van der Waals surface area contributed by atoms with Gasteiger partial charge in [-0.2, -0.15) is 4.68 Å². The van der Waals surface area contributed by atoms with E-state index in [9.17, 15) is 4.39 Å². The van der Waals surface area contributed by atoms with Crippen LogP contribution in [0.1, 0.15) is 5.82 Å². The number of nitrogens with zero attached hydrogens (tertiary/aromatic N) is 4. The molecule has 0 atom stereocenters. The second-order valence-electron chi connectivity index (χ2n) is 2.71. The van der Waals surface area contributed by atoms with E-state index in [-0.39, 0.29) is 5.82 Å². The number of halogens is 2. The van der Waals surface area contributed by atoms with Gasteiger partial charge in [0.2, 0.25) is 0 Å². The van der Waals surface area contributed by atoms with Crippen LogP contribution in [0.3, 0.4) is 0 Å². The summed E-state index contributed by atoms with van der Waals surface area (Å²) < 4.78 is 15.2. The van der Waals surface area contributed by atoms with E-state index in [1.165, 1.54) is 10.7 Å². The van der Waals surface area contributed by atoms with Gasteiger partial charge in [0.25, 0.3) is 0 Å². The average Bonchev–Trinajstić information content (AvgIpc) is 2.57. The van der Waals surface area contributed by atoms with Gasteiger partial charge < -0.3 is 0 Å². The third-order valence-electron chi connectivity index (χ3n) is 1.78. The van der Waals surface area contributed by atoms with E-state index in [1.54, 1.807) is 19.1 Å². The van der Waals surface area contributed by atoms with Gasteiger partial charge in [-0.25, -0.2) is 4.39 Å². The highest BCUT2D eigenvalue weighted by Crippen LogP contribution is 2.19. The van der Waals surface area contributed by atoms with Crippen molar-refractivity contribution in [2.75, 3.05) is 0 Å². The quantitative estimate of drug-likeness (QED) is 0.753. The molecule has 0 aliphatic carbocycles. The molecule has 0 fully saturated rings. The maximum atomic E-state index is 13.2. The molecule has 0 spiro atoms. The summed E-state index contributed by atoms with van der Waals surface area (Å²) in [6.07, 6.45) is 0. The molecular weight excluding hydrogens is 298 g/mol. The predicted molar refractivity (Wildman–Crippen MR) is 56.6 cm³/mol. The van der Waals surface area contributed by atoms with Gasteiger partial charge >= 0.3 is 0 Å². The lowest BCUT2D eigenvalue weighted by atomic mass is 10.3. The highest BCUT2D eigenvalue weighted by Gasteiger charge is 2.10. The molecule has 1 aromatic carbocycles. The van der Waals surface area contributed by atoms with Crippen LogP contribution in [-0.2, 0) is 0 Å². The molecule has 2 aromatic rings. The number of hydrogen-bond donors (Lipinski definition) is 0. The summed E-state index contributed by atoms with van der Waals surface area (Å²) in [5.74, 6) is 0.367. The smallest absolute Gasteiger partial charge is 0.153 e. The second kappa shape index (κ2) is 3.60. The molecule has 0 saturated heterocycles. The van der Waals surface area contributed by atoms with Crippen molar-refractivity contribution in [3.8, 4) is 5.69 Å². The van der Waals surface area contributed by atoms with E-state index in [4.69, 9.17) is 0 Å². The Hall–Kier alpha value is -1.05. The van der Waals surface area contributed by atoms with Gasteiger partial charge in [0.15, 0.2) is 5.82 Å². The van der Waals surface area contributed by atoms with E-state index >= 15 is 0 Å². The van der Waals surface area contributed by atoms with Crippen molar-refractivity contribution in [3.63, 3.8) is 0 Å². The first-order valence-corrected chi connectivity index (χ1v) is 4.97. The maximum absolute atomic E-state index is 13.2. The van der Waals surface area contributed by atoms with Crippen molar-refractivity contribution < 1.29 is 4.39 Å². The molecule has 0 unspecified atom stereocenters. The Labute approximate surface area is 93.3 Å². The highest BCUT2D eigenvalue weighted by atomic mass is 127. The van der Waals surface area contributed by atoms with E-state index in [0.717, 1.165) is 0 Å². The van der Waals surface area contributed by atoms with Gasteiger partial charge in [0.05, 0.1) is 9.26 Å². The molecule has 2 rings (SSSR count). The van der Waals surface area contributed by atoms with Crippen molar-refractivity contribution >= 4 is 22.6 Å². The molecule has 4 nitrogen and oxygen atoms in total. The van der Waals surface area contributed by atoms with Crippen LogP contribution in [0.5, 0.6) is 0 Å². The zero-order valence-corrected chi connectivity index (χ0v) is 9.43. The molecule has 0 bridgehead atoms. The molecule has 0 aliphatic heterocycles. The molecule has 0 N–H and O–H groups in total. The molecule has 0 saturated carbocycles. The first kappa shape index (κ1) is 9.50.